The number of hydrogen-bond donors (Lipinski definition) is 1. The topological polar surface area (TPSA) is 66.6 Å². The van der Waals surface area contributed by atoms with Crippen LogP contribution >= 0.6 is 0 Å². The molecular weight excluding hydrogens is 230 g/mol. The van der Waals surface area contributed by atoms with Crippen LogP contribution in [0.1, 0.15) is 33.6 Å². The fourth-order valence-corrected chi connectivity index (χ4v) is 2.63. The van der Waals surface area contributed by atoms with E-state index in [1.165, 1.54) is 0 Å². The van der Waals surface area contributed by atoms with Gasteiger partial charge in [0.1, 0.15) is 0 Å². The zero-order chi connectivity index (χ0) is 13.5. The van der Waals surface area contributed by atoms with Gasteiger partial charge in [-0.05, 0) is 11.8 Å². The Kier molecular flexibility index (Phi) is 3.36. The van der Waals surface area contributed by atoms with Crippen LogP contribution in [0.5, 0.6) is 0 Å². The van der Waals surface area contributed by atoms with Gasteiger partial charge in [0.05, 0.1) is 6.04 Å². The summed E-state index contributed by atoms with van der Waals surface area (Å²) in [7, 11) is 0. The van der Waals surface area contributed by atoms with Crippen molar-refractivity contribution in [3.8, 4) is 0 Å². The molecule has 0 aromatic heterocycles. The van der Waals surface area contributed by atoms with Gasteiger partial charge in [-0.3, -0.25) is 9.59 Å². The molecule has 2 unspecified atom stereocenters. The molecular formula is C13H23N3O2. The van der Waals surface area contributed by atoms with Crippen LogP contribution in [-0.2, 0) is 9.59 Å². The zero-order valence-electron chi connectivity index (χ0n) is 11.5. The van der Waals surface area contributed by atoms with E-state index < -0.39 is 6.04 Å². The zero-order valence-corrected chi connectivity index (χ0v) is 11.5. The normalized spacial score (nSPS) is 26.2. The maximum Gasteiger partial charge on any atom is 0.240 e. The molecule has 2 saturated heterocycles. The summed E-state index contributed by atoms with van der Waals surface area (Å²) in [6.07, 6.45) is 1.49. The van der Waals surface area contributed by atoms with Crippen LogP contribution in [0.25, 0.3) is 0 Å². The summed E-state index contributed by atoms with van der Waals surface area (Å²) in [4.78, 5) is 27.6. The SMILES string of the molecule is CC(C)(C)C(N)C(=O)N1CCN2C(=O)CCC2C1. The van der Waals surface area contributed by atoms with Gasteiger partial charge in [0.15, 0.2) is 0 Å². The fraction of sp³-hybridized carbons (Fsp3) is 0.846. The molecule has 0 aromatic carbocycles. The van der Waals surface area contributed by atoms with E-state index in [1.54, 1.807) is 0 Å². The van der Waals surface area contributed by atoms with Gasteiger partial charge < -0.3 is 15.5 Å². The summed E-state index contributed by atoms with van der Waals surface area (Å²) in [6, 6.07) is -0.261. The maximum absolute atomic E-state index is 12.3. The standard InChI is InChI=1S/C13H23N3O2/c1-13(2,3)11(14)12(18)15-6-7-16-9(8-15)4-5-10(16)17/h9,11H,4-8,14H2,1-3H3. The molecule has 0 saturated carbocycles. The lowest BCUT2D eigenvalue weighted by Gasteiger charge is -2.40. The molecule has 2 amide bonds. The first-order chi connectivity index (χ1) is 8.30. The van der Waals surface area contributed by atoms with Crippen molar-refractivity contribution >= 4 is 11.8 Å². The van der Waals surface area contributed by atoms with E-state index in [0.29, 0.717) is 26.1 Å². The number of nitrogens with zero attached hydrogens (tertiary/aromatic N) is 2. The van der Waals surface area contributed by atoms with Crippen LogP contribution in [0.3, 0.4) is 0 Å². The van der Waals surface area contributed by atoms with E-state index in [4.69, 9.17) is 5.73 Å². The van der Waals surface area contributed by atoms with Gasteiger partial charge >= 0.3 is 0 Å². The second kappa shape index (κ2) is 4.53. The Hall–Kier alpha value is -1.10. The van der Waals surface area contributed by atoms with Gasteiger partial charge in [0, 0.05) is 32.1 Å². The van der Waals surface area contributed by atoms with Gasteiger partial charge in [-0.25, -0.2) is 0 Å². The van der Waals surface area contributed by atoms with Crippen molar-refractivity contribution < 1.29 is 9.59 Å². The Morgan fingerprint density at radius 1 is 1.39 bits per heavy atom. The fourth-order valence-electron chi connectivity index (χ4n) is 2.63. The van der Waals surface area contributed by atoms with Crippen LogP contribution in [0.15, 0.2) is 0 Å². The highest BCUT2D eigenvalue weighted by Gasteiger charge is 2.39. The molecule has 5 heteroatoms. The maximum atomic E-state index is 12.3. The predicted octanol–water partition coefficient (Wildman–Crippen LogP) is 0.193. The van der Waals surface area contributed by atoms with Gasteiger partial charge in [-0.1, -0.05) is 20.8 Å². The second-order valence-corrected chi connectivity index (χ2v) is 6.41. The van der Waals surface area contributed by atoms with Crippen LogP contribution in [0.4, 0.5) is 0 Å². The first-order valence-corrected chi connectivity index (χ1v) is 6.64. The summed E-state index contributed by atoms with van der Waals surface area (Å²) in [6.45, 7) is 7.85. The van der Waals surface area contributed by atoms with Gasteiger partial charge in [-0.15, -0.1) is 0 Å². The average molecular weight is 253 g/mol. The van der Waals surface area contributed by atoms with Gasteiger partial charge in [-0.2, -0.15) is 0 Å². The number of rotatable bonds is 1. The molecule has 2 rings (SSSR count). The minimum Gasteiger partial charge on any atom is -0.337 e. The van der Waals surface area contributed by atoms with Crippen LogP contribution in [0.2, 0.25) is 0 Å². The Labute approximate surface area is 108 Å². The molecule has 102 valence electrons. The Balaban J connectivity index is 2.00. The van der Waals surface area contributed by atoms with E-state index >= 15 is 0 Å². The lowest BCUT2D eigenvalue weighted by Crippen LogP contribution is -2.58. The molecule has 0 aliphatic carbocycles. The summed E-state index contributed by atoms with van der Waals surface area (Å²) in [5, 5.41) is 0. The van der Waals surface area contributed by atoms with Crippen molar-refractivity contribution in [1.82, 2.24) is 9.80 Å². The van der Waals surface area contributed by atoms with Crippen molar-refractivity contribution in [1.29, 1.82) is 0 Å². The van der Waals surface area contributed by atoms with Crippen molar-refractivity contribution in [3.05, 3.63) is 0 Å². The lowest BCUT2D eigenvalue weighted by molar-refractivity contribution is -0.141. The van der Waals surface area contributed by atoms with E-state index in [-0.39, 0.29) is 23.3 Å². The third-order valence-corrected chi connectivity index (χ3v) is 4.01. The van der Waals surface area contributed by atoms with Crippen molar-refractivity contribution in [2.45, 2.75) is 45.7 Å². The van der Waals surface area contributed by atoms with E-state index in [2.05, 4.69) is 0 Å². The average Bonchev–Trinajstić information content (AvgIpc) is 2.67. The molecule has 2 N–H and O–H groups in total. The highest BCUT2D eigenvalue weighted by Crippen LogP contribution is 2.25. The largest absolute Gasteiger partial charge is 0.337 e. The summed E-state index contributed by atoms with van der Waals surface area (Å²) in [5.74, 6) is 0.244. The first-order valence-electron chi connectivity index (χ1n) is 6.64. The van der Waals surface area contributed by atoms with Gasteiger partial charge in [0.2, 0.25) is 11.8 Å². The minimum atomic E-state index is -0.471. The number of hydrogen-bond acceptors (Lipinski definition) is 3. The number of carbonyl (C=O) groups is 2. The van der Waals surface area contributed by atoms with Crippen LogP contribution in [-0.4, -0.2) is 53.3 Å². The van der Waals surface area contributed by atoms with Crippen LogP contribution in [0, 0.1) is 5.41 Å². The molecule has 0 bridgehead atoms. The number of amides is 2. The number of nitrogens with two attached hydrogens (primary N) is 1. The highest BCUT2D eigenvalue weighted by atomic mass is 16.2. The van der Waals surface area contributed by atoms with E-state index in [0.717, 1.165) is 6.42 Å². The first kappa shape index (κ1) is 13.3. The van der Waals surface area contributed by atoms with Crippen molar-refractivity contribution in [3.63, 3.8) is 0 Å². The predicted molar refractivity (Wildman–Crippen MR) is 68.7 cm³/mol. The second-order valence-electron chi connectivity index (χ2n) is 6.41. The van der Waals surface area contributed by atoms with E-state index in [9.17, 15) is 9.59 Å². The molecule has 0 aromatic rings. The Bertz CT molecular complexity index is 362. The van der Waals surface area contributed by atoms with Crippen molar-refractivity contribution in [2.24, 2.45) is 11.1 Å². The molecule has 2 aliphatic rings. The summed E-state index contributed by atoms with van der Waals surface area (Å²) < 4.78 is 0. The third-order valence-electron chi connectivity index (χ3n) is 4.01. The molecule has 5 nitrogen and oxygen atoms in total. The molecule has 0 spiro atoms. The van der Waals surface area contributed by atoms with Gasteiger partial charge in [0.25, 0.3) is 0 Å². The van der Waals surface area contributed by atoms with Crippen LogP contribution < -0.4 is 5.73 Å². The lowest BCUT2D eigenvalue weighted by atomic mass is 9.86. The molecule has 18 heavy (non-hydrogen) atoms. The number of fused-ring (bicyclic) bond motifs is 1. The number of piperazine rings is 1. The highest BCUT2D eigenvalue weighted by molar-refractivity contribution is 5.83. The van der Waals surface area contributed by atoms with Crippen molar-refractivity contribution in [2.75, 3.05) is 19.6 Å². The quantitative estimate of drug-likeness (QED) is 0.725. The molecule has 0 radical (unpaired) electrons. The smallest absolute Gasteiger partial charge is 0.240 e. The molecule has 2 aliphatic heterocycles. The summed E-state index contributed by atoms with van der Waals surface area (Å²) in [5.41, 5.74) is 5.80. The summed E-state index contributed by atoms with van der Waals surface area (Å²) >= 11 is 0. The molecule has 2 heterocycles. The number of carbonyl (C=O) groups excluding carboxylic acids is 2. The van der Waals surface area contributed by atoms with E-state index in [1.807, 2.05) is 30.6 Å². The molecule has 2 fully saturated rings. The minimum absolute atomic E-state index is 0.0153. The third kappa shape index (κ3) is 2.36. The Morgan fingerprint density at radius 3 is 2.67 bits per heavy atom. The Morgan fingerprint density at radius 2 is 2.06 bits per heavy atom. The molecule has 2 atom stereocenters. The monoisotopic (exact) mass is 253 g/mol.